The molecule has 3 aromatic rings. The molecule has 0 N–H and O–H groups in total. The first-order valence-electron chi connectivity index (χ1n) is 10.8. The van der Waals surface area contributed by atoms with Crippen LogP contribution in [0, 0.1) is 0 Å². The van der Waals surface area contributed by atoms with E-state index in [0.717, 1.165) is 13.2 Å². The van der Waals surface area contributed by atoms with E-state index in [4.69, 9.17) is 4.74 Å². The monoisotopic (exact) mass is 517 g/mol. The van der Waals surface area contributed by atoms with Crippen LogP contribution in [-0.2, 0) is 29.4 Å². The minimum atomic E-state index is -6.02. The van der Waals surface area contributed by atoms with Gasteiger partial charge in [-0.05, 0) is 22.8 Å². The smallest absolute Gasteiger partial charge is 0.467 e. The second-order valence-electron chi connectivity index (χ2n) is 7.98. The highest BCUT2D eigenvalue weighted by Gasteiger charge is 2.55. The maximum absolute atomic E-state index is 13.2. The minimum Gasteiger partial charge on any atom is -0.467 e. The number of halogens is 3. The molecule has 188 valence electrons. The van der Waals surface area contributed by atoms with E-state index in [2.05, 4.69) is 4.18 Å². The molecule has 1 atom stereocenters. The Labute approximate surface area is 206 Å². The van der Waals surface area contributed by atoms with Crippen LogP contribution in [0.25, 0.3) is 0 Å². The molecule has 0 saturated heterocycles. The summed E-state index contributed by atoms with van der Waals surface area (Å²) in [5.74, 6) is -1.64. The van der Waals surface area contributed by atoms with Crippen molar-refractivity contribution >= 4 is 16.1 Å². The molecule has 0 aromatic heterocycles. The summed E-state index contributed by atoms with van der Waals surface area (Å²) >= 11 is 0. The molecule has 0 bridgehead atoms. The van der Waals surface area contributed by atoms with E-state index in [9.17, 15) is 26.4 Å². The topological polar surface area (TPSA) is 72.9 Å². The van der Waals surface area contributed by atoms with E-state index >= 15 is 0 Å². The molecule has 3 aromatic carbocycles. The first-order chi connectivity index (χ1) is 17.1. The number of hydrogen-bond acceptors (Lipinski definition) is 6. The van der Waals surface area contributed by atoms with Gasteiger partial charge >= 0.3 is 21.6 Å². The number of hydrogen-bond donors (Lipinski definition) is 0. The lowest BCUT2D eigenvalue weighted by Gasteiger charge is -2.45. The van der Waals surface area contributed by atoms with Gasteiger partial charge in [0.15, 0.2) is 6.04 Å². The van der Waals surface area contributed by atoms with Gasteiger partial charge in [0.25, 0.3) is 0 Å². The molecule has 0 fully saturated rings. The lowest BCUT2D eigenvalue weighted by Crippen LogP contribution is -2.54. The van der Waals surface area contributed by atoms with Gasteiger partial charge in [0.1, 0.15) is 5.76 Å². The van der Waals surface area contributed by atoms with Crippen LogP contribution >= 0.6 is 0 Å². The Balaban J connectivity index is 1.98. The number of ether oxygens (including phenoxy) is 1. The maximum Gasteiger partial charge on any atom is 0.534 e. The number of benzene rings is 3. The molecule has 0 amide bonds. The molecule has 6 nitrogen and oxygen atoms in total. The van der Waals surface area contributed by atoms with Crippen LogP contribution < -0.4 is 0 Å². The van der Waals surface area contributed by atoms with Crippen molar-refractivity contribution in [2.45, 2.75) is 17.1 Å². The quantitative estimate of drug-likeness (QED) is 0.198. The molecular formula is C26H22F3NO5S. The van der Waals surface area contributed by atoms with Crippen LogP contribution in [-0.4, -0.2) is 44.5 Å². The Morgan fingerprint density at radius 3 is 1.61 bits per heavy atom. The Kier molecular flexibility index (Phi) is 6.92. The average molecular weight is 518 g/mol. The number of alkyl halides is 3. The zero-order valence-electron chi connectivity index (χ0n) is 19.1. The van der Waals surface area contributed by atoms with Gasteiger partial charge in [0.05, 0.1) is 12.6 Å². The summed E-state index contributed by atoms with van der Waals surface area (Å²) in [5.41, 5.74) is -4.80. The number of esters is 1. The fraction of sp³-hybridized carbons (Fsp3) is 0.192. The SMILES string of the molecule is COC(=O)C1C(OS(=O)(=O)C(F)(F)F)=CCN1C(c1ccccc1)(c1ccccc1)c1ccccc1. The molecule has 0 radical (unpaired) electrons. The van der Waals surface area contributed by atoms with Gasteiger partial charge in [-0.15, -0.1) is 0 Å². The van der Waals surface area contributed by atoms with Crippen molar-refractivity contribution in [2.24, 2.45) is 0 Å². The van der Waals surface area contributed by atoms with Crippen LogP contribution in [0.2, 0.25) is 0 Å². The Morgan fingerprint density at radius 1 is 0.833 bits per heavy atom. The van der Waals surface area contributed by atoms with Crippen molar-refractivity contribution in [1.29, 1.82) is 0 Å². The molecular weight excluding hydrogens is 495 g/mol. The summed E-state index contributed by atoms with van der Waals surface area (Å²) in [6.45, 7) is -0.110. The van der Waals surface area contributed by atoms with E-state index in [1.165, 1.54) is 0 Å². The lowest BCUT2D eigenvalue weighted by molar-refractivity contribution is -0.147. The van der Waals surface area contributed by atoms with E-state index < -0.39 is 38.9 Å². The highest BCUT2D eigenvalue weighted by atomic mass is 32.2. The Bertz CT molecular complexity index is 1250. The minimum absolute atomic E-state index is 0.110. The zero-order valence-corrected chi connectivity index (χ0v) is 19.9. The first-order valence-corrected chi connectivity index (χ1v) is 12.3. The van der Waals surface area contributed by atoms with Gasteiger partial charge in [-0.1, -0.05) is 91.0 Å². The molecule has 4 rings (SSSR count). The van der Waals surface area contributed by atoms with Crippen LogP contribution in [0.1, 0.15) is 16.7 Å². The van der Waals surface area contributed by atoms with Crippen LogP contribution in [0.5, 0.6) is 0 Å². The van der Waals surface area contributed by atoms with Crippen LogP contribution in [0.3, 0.4) is 0 Å². The predicted octanol–water partition coefficient (Wildman–Crippen LogP) is 4.59. The van der Waals surface area contributed by atoms with Crippen molar-refractivity contribution in [3.63, 3.8) is 0 Å². The first kappa shape index (κ1) is 25.5. The van der Waals surface area contributed by atoms with Crippen LogP contribution in [0.15, 0.2) is 103 Å². The number of carbonyl (C=O) groups excluding carboxylic acids is 1. The van der Waals surface area contributed by atoms with Gasteiger partial charge < -0.3 is 8.92 Å². The van der Waals surface area contributed by atoms with Crippen molar-refractivity contribution < 1.29 is 35.3 Å². The molecule has 0 spiro atoms. The van der Waals surface area contributed by atoms with Crippen LogP contribution in [0.4, 0.5) is 13.2 Å². The highest BCUT2D eigenvalue weighted by Crippen LogP contribution is 2.46. The summed E-state index contributed by atoms with van der Waals surface area (Å²) < 4.78 is 72.6. The second kappa shape index (κ2) is 9.79. The third-order valence-electron chi connectivity index (χ3n) is 5.99. The van der Waals surface area contributed by atoms with E-state index in [1.807, 2.05) is 54.6 Å². The Morgan fingerprint density at radius 2 is 1.25 bits per heavy atom. The summed E-state index contributed by atoms with van der Waals surface area (Å²) in [4.78, 5) is 14.6. The summed E-state index contributed by atoms with van der Waals surface area (Å²) in [7, 11) is -4.95. The number of methoxy groups -OCH3 is 1. The number of nitrogens with zero attached hydrogens (tertiary/aromatic N) is 1. The molecule has 0 saturated carbocycles. The standard InChI is InChI=1S/C26H22F3NO5S/c1-34-24(31)23-22(35-36(32,33)26(27,28)29)17-18-30(23)25(19-11-5-2-6-12-19,20-13-7-3-8-14-20)21-15-9-4-10-16-21/h2-17,23H,18H2,1H3. The number of rotatable bonds is 7. The van der Waals surface area contributed by atoms with Gasteiger partial charge in [-0.25, -0.2) is 4.79 Å². The fourth-order valence-corrected chi connectivity index (χ4v) is 5.04. The van der Waals surface area contributed by atoms with Gasteiger partial charge in [0.2, 0.25) is 0 Å². The van der Waals surface area contributed by atoms with E-state index in [1.54, 1.807) is 41.3 Å². The largest absolute Gasteiger partial charge is 0.534 e. The summed E-state index contributed by atoms with van der Waals surface area (Å²) in [6, 6.07) is 25.7. The van der Waals surface area contributed by atoms with Gasteiger partial charge in [-0.3, -0.25) is 4.90 Å². The predicted molar refractivity (Wildman–Crippen MR) is 126 cm³/mol. The van der Waals surface area contributed by atoms with E-state index in [-0.39, 0.29) is 6.54 Å². The zero-order chi connectivity index (χ0) is 26.0. The third kappa shape index (κ3) is 4.38. The van der Waals surface area contributed by atoms with Crippen molar-refractivity contribution in [2.75, 3.05) is 13.7 Å². The highest BCUT2D eigenvalue weighted by molar-refractivity contribution is 7.87. The molecule has 10 heteroatoms. The average Bonchev–Trinajstić information content (AvgIpc) is 3.28. The van der Waals surface area contributed by atoms with Crippen molar-refractivity contribution in [3.05, 3.63) is 120 Å². The van der Waals surface area contributed by atoms with Gasteiger partial charge in [-0.2, -0.15) is 21.6 Å². The van der Waals surface area contributed by atoms with Crippen molar-refractivity contribution in [1.82, 2.24) is 4.90 Å². The normalized spacial score (nSPS) is 16.9. The van der Waals surface area contributed by atoms with Crippen molar-refractivity contribution in [3.8, 4) is 0 Å². The summed E-state index contributed by atoms with van der Waals surface area (Å²) in [5, 5.41) is 0. The fourth-order valence-electron chi connectivity index (χ4n) is 4.53. The molecule has 36 heavy (non-hydrogen) atoms. The Hall–Kier alpha value is -3.63. The molecule has 1 aliphatic rings. The third-order valence-corrected chi connectivity index (χ3v) is 6.97. The van der Waals surface area contributed by atoms with Gasteiger partial charge in [0, 0.05) is 6.54 Å². The molecule has 1 aliphatic heterocycles. The molecule has 0 aliphatic carbocycles. The maximum atomic E-state index is 13.2. The molecule has 1 heterocycles. The number of carbonyl (C=O) groups is 1. The lowest BCUT2D eigenvalue weighted by atomic mass is 9.75. The summed E-state index contributed by atoms with van der Waals surface area (Å²) in [6.07, 6.45) is 1.16. The second-order valence-corrected chi connectivity index (χ2v) is 9.51. The molecule has 1 unspecified atom stereocenters. The van der Waals surface area contributed by atoms with E-state index in [0.29, 0.717) is 16.7 Å².